The molecule has 7 heteroatoms. The number of ketones is 1. The lowest BCUT2D eigenvalue weighted by Gasteiger charge is -2.11. The molecule has 4 aromatic rings. The summed E-state index contributed by atoms with van der Waals surface area (Å²) in [5.41, 5.74) is 5.08. The number of thioether (sulfide) groups is 1. The second-order valence-electron chi connectivity index (χ2n) is 7.12. The Morgan fingerprint density at radius 2 is 2.03 bits per heavy atom. The van der Waals surface area contributed by atoms with E-state index < -0.39 is 5.92 Å². The van der Waals surface area contributed by atoms with Crippen molar-refractivity contribution in [1.82, 2.24) is 14.5 Å². The van der Waals surface area contributed by atoms with Gasteiger partial charge in [-0.3, -0.25) is 9.36 Å². The molecule has 0 radical (unpaired) electrons. The molecule has 154 valence electrons. The van der Waals surface area contributed by atoms with Gasteiger partial charge in [-0.05, 0) is 31.0 Å². The summed E-state index contributed by atoms with van der Waals surface area (Å²) >= 11 is 2.69. The van der Waals surface area contributed by atoms with Gasteiger partial charge in [0.25, 0.3) is 0 Å². The van der Waals surface area contributed by atoms with Crippen LogP contribution in [0, 0.1) is 25.2 Å². The number of benzene rings is 2. The summed E-state index contributed by atoms with van der Waals surface area (Å²) in [4.78, 5) is 21.8. The van der Waals surface area contributed by atoms with Gasteiger partial charge >= 0.3 is 0 Å². The molecule has 31 heavy (non-hydrogen) atoms. The normalized spacial score (nSPS) is 11.8. The van der Waals surface area contributed by atoms with Crippen LogP contribution < -0.4 is 0 Å². The highest BCUT2D eigenvalue weighted by Gasteiger charge is 2.24. The van der Waals surface area contributed by atoms with Crippen LogP contribution in [0.1, 0.15) is 22.1 Å². The van der Waals surface area contributed by atoms with E-state index in [9.17, 15) is 10.1 Å². The number of imidazole rings is 1. The summed E-state index contributed by atoms with van der Waals surface area (Å²) in [6, 6.07) is 18.1. The Bertz CT molecular complexity index is 1250. The average Bonchev–Trinajstić information content (AvgIpc) is 3.45. The third kappa shape index (κ3) is 4.61. The number of nitriles is 1. The highest BCUT2D eigenvalue weighted by atomic mass is 32.2. The molecular weight excluding hydrogens is 424 g/mol. The van der Waals surface area contributed by atoms with E-state index in [0.717, 1.165) is 33.2 Å². The SMILES string of the molecule is Cc1ccc(C)c(-n2ccnc2SCC(=O)C(C#N)c2nc(-c3ccccc3)cs2)c1. The number of carbonyl (C=O) groups excluding carboxylic acids is 1. The van der Waals surface area contributed by atoms with E-state index in [1.807, 2.05) is 60.3 Å². The fourth-order valence-corrected chi connectivity index (χ4v) is 4.97. The van der Waals surface area contributed by atoms with Crippen LogP contribution in [0.25, 0.3) is 16.9 Å². The lowest BCUT2D eigenvalue weighted by atomic mass is 10.1. The van der Waals surface area contributed by atoms with Crippen molar-refractivity contribution in [2.45, 2.75) is 24.9 Å². The molecular formula is C24H20N4OS2. The van der Waals surface area contributed by atoms with Gasteiger partial charge in [-0.1, -0.05) is 54.2 Å². The van der Waals surface area contributed by atoms with Gasteiger partial charge in [0.1, 0.15) is 5.01 Å². The maximum absolute atomic E-state index is 12.9. The first kappa shape index (κ1) is 21.0. The quantitative estimate of drug-likeness (QED) is 0.348. The number of nitrogens with zero attached hydrogens (tertiary/aromatic N) is 4. The molecule has 0 aliphatic rings. The van der Waals surface area contributed by atoms with E-state index in [4.69, 9.17) is 0 Å². The van der Waals surface area contributed by atoms with E-state index in [1.54, 1.807) is 6.20 Å². The van der Waals surface area contributed by atoms with Crippen LogP contribution in [-0.2, 0) is 4.79 Å². The van der Waals surface area contributed by atoms with Crippen LogP contribution in [-0.4, -0.2) is 26.1 Å². The van der Waals surface area contributed by atoms with Gasteiger partial charge in [0, 0.05) is 23.3 Å². The van der Waals surface area contributed by atoms with E-state index >= 15 is 0 Å². The Kier molecular flexibility index (Phi) is 6.31. The van der Waals surface area contributed by atoms with Crippen LogP contribution >= 0.6 is 23.1 Å². The van der Waals surface area contributed by atoms with Gasteiger partial charge in [-0.15, -0.1) is 11.3 Å². The molecule has 2 aromatic carbocycles. The Hall–Kier alpha value is -3.21. The number of hydrogen-bond donors (Lipinski definition) is 0. The Morgan fingerprint density at radius 3 is 2.81 bits per heavy atom. The predicted molar refractivity (Wildman–Crippen MR) is 125 cm³/mol. The first-order valence-corrected chi connectivity index (χ1v) is 11.6. The standard InChI is InChI=1S/C24H20N4OS2/c1-16-8-9-17(2)21(12-16)28-11-10-26-24(28)31-15-22(29)19(13-25)23-27-20(14-30-23)18-6-4-3-5-7-18/h3-12,14,19H,15H2,1-2H3. The molecule has 2 heterocycles. The maximum Gasteiger partial charge on any atom is 0.173 e. The third-order valence-electron chi connectivity index (χ3n) is 4.86. The summed E-state index contributed by atoms with van der Waals surface area (Å²) < 4.78 is 1.98. The van der Waals surface area contributed by atoms with Crippen LogP contribution in [0.4, 0.5) is 0 Å². The Morgan fingerprint density at radius 1 is 1.23 bits per heavy atom. The predicted octanol–water partition coefficient (Wildman–Crippen LogP) is 5.58. The third-order valence-corrected chi connectivity index (χ3v) is 6.76. The molecule has 0 amide bonds. The number of aryl methyl sites for hydroxylation is 2. The van der Waals surface area contributed by atoms with Crippen molar-refractivity contribution in [2.24, 2.45) is 0 Å². The van der Waals surface area contributed by atoms with Gasteiger partial charge in [0.15, 0.2) is 16.9 Å². The van der Waals surface area contributed by atoms with E-state index in [2.05, 4.69) is 34.2 Å². The van der Waals surface area contributed by atoms with Crippen molar-refractivity contribution in [3.8, 4) is 23.0 Å². The zero-order chi connectivity index (χ0) is 21.8. The minimum absolute atomic E-state index is 0.153. The van der Waals surface area contributed by atoms with Crippen molar-refractivity contribution in [1.29, 1.82) is 5.26 Å². The second kappa shape index (κ2) is 9.29. The summed E-state index contributed by atoms with van der Waals surface area (Å²) in [7, 11) is 0. The largest absolute Gasteiger partial charge is 0.297 e. The minimum atomic E-state index is -0.876. The molecule has 0 aliphatic heterocycles. The van der Waals surface area contributed by atoms with Gasteiger partial charge in [-0.2, -0.15) is 5.26 Å². The lowest BCUT2D eigenvalue weighted by Crippen LogP contribution is -2.13. The highest BCUT2D eigenvalue weighted by molar-refractivity contribution is 7.99. The van der Waals surface area contributed by atoms with E-state index in [0.29, 0.717) is 5.01 Å². The molecule has 1 atom stereocenters. The van der Waals surface area contributed by atoms with Gasteiger partial charge in [0.05, 0.1) is 23.2 Å². The van der Waals surface area contributed by atoms with E-state index in [-0.39, 0.29) is 11.5 Å². The molecule has 1 unspecified atom stereocenters. The summed E-state index contributed by atoms with van der Waals surface area (Å²) in [5, 5.41) is 12.8. The highest BCUT2D eigenvalue weighted by Crippen LogP contribution is 2.29. The number of aromatic nitrogens is 3. The summed E-state index contributed by atoms with van der Waals surface area (Å²) in [5.74, 6) is -0.892. The van der Waals surface area contributed by atoms with Crippen molar-refractivity contribution >= 4 is 28.9 Å². The van der Waals surface area contributed by atoms with Crippen LogP contribution in [0.15, 0.2) is 71.5 Å². The Balaban J connectivity index is 1.49. The molecule has 0 saturated heterocycles. The lowest BCUT2D eigenvalue weighted by molar-refractivity contribution is -0.116. The molecule has 0 aliphatic carbocycles. The number of hydrogen-bond acceptors (Lipinski definition) is 6. The topological polar surface area (TPSA) is 71.6 Å². The monoisotopic (exact) mass is 444 g/mol. The zero-order valence-electron chi connectivity index (χ0n) is 17.1. The number of rotatable bonds is 7. The molecule has 0 fully saturated rings. The number of Topliss-reactive ketones (excluding diaryl/α,β-unsaturated/α-hetero) is 1. The Labute approximate surface area is 189 Å². The minimum Gasteiger partial charge on any atom is -0.297 e. The molecule has 0 bridgehead atoms. The first-order valence-electron chi connectivity index (χ1n) is 9.74. The van der Waals surface area contributed by atoms with Gasteiger partial charge in [-0.25, -0.2) is 9.97 Å². The van der Waals surface area contributed by atoms with Crippen molar-refractivity contribution < 1.29 is 4.79 Å². The second-order valence-corrected chi connectivity index (χ2v) is 8.96. The van der Waals surface area contributed by atoms with Gasteiger partial charge < -0.3 is 0 Å². The van der Waals surface area contributed by atoms with Crippen molar-refractivity contribution in [3.05, 3.63) is 82.4 Å². The average molecular weight is 445 g/mol. The molecule has 0 saturated carbocycles. The number of carbonyl (C=O) groups is 1. The molecule has 5 nitrogen and oxygen atoms in total. The van der Waals surface area contributed by atoms with Crippen molar-refractivity contribution in [3.63, 3.8) is 0 Å². The molecule has 4 rings (SSSR count). The fourth-order valence-electron chi connectivity index (χ4n) is 3.20. The smallest absolute Gasteiger partial charge is 0.173 e. The number of thiazole rings is 1. The van der Waals surface area contributed by atoms with Crippen molar-refractivity contribution in [2.75, 3.05) is 5.75 Å². The van der Waals surface area contributed by atoms with Crippen LogP contribution in [0.2, 0.25) is 0 Å². The van der Waals surface area contributed by atoms with Gasteiger partial charge in [0.2, 0.25) is 0 Å². The summed E-state index contributed by atoms with van der Waals surface area (Å²) in [6.45, 7) is 4.10. The van der Waals surface area contributed by atoms with E-state index in [1.165, 1.54) is 23.1 Å². The van der Waals surface area contributed by atoms with Crippen LogP contribution in [0.3, 0.4) is 0 Å². The first-order chi connectivity index (χ1) is 15.1. The maximum atomic E-state index is 12.9. The zero-order valence-corrected chi connectivity index (χ0v) is 18.8. The fraction of sp³-hybridized carbons (Fsp3) is 0.167. The molecule has 2 aromatic heterocycles. The van der Waals surface area contributed by atoms with Crippen LogP contribution in [0.5, 0.6) is 0 Å². The molecule has 0 spiro atoms. The summed E-state index contributed by atoms with van der Waals surface area (Å²) in [6.07, 6.45) is 3.62. The molecule has 0 N–H and O–H groups in total.